The number of carboxylic acid groups (broad SMARTS) is 1. The molecule has 1 unspecified atom stereocenters. The van der Waals surface area contributed by atoms with Crippen LogP contribution >= 0.6 is 7.82 Å². The fraction of sp³-hybridized carbons (Fsp3) is 0.660. The van der Waals surface area contributed by atoms with Crippen molar-refractivity contribution in [1.29, 1.82) is 0 Å². The summed E-state index contributed by atoms with van der Waals surface area (Å²) >= 11 is 0. The molecule has 38 nitrogen and oxygen atoms in total. The van der Waals surface area contributed by atoms with Gasteiger partial charge in [0, 0.05) is 26.1 Å². The Hall–Kier alpha value is -5.83. The van der Waals surface area contributed by atoms with Crippen LogP contribution in [-0.4, -0.2) is 289 Å². The van der Waals surface area contributed by atoms with E-state index in [-0.39, 0.29) is 13.2 Å². The van der Waals surface area contributed by atoms with Crippen LogP contribution in [0, 0.1) is 0 Å². The zero-order valence-electron chi connectivity index (χ0n) is 49.4. The molecule has 5 aliphatic rings. The van der Waals surface area contributed by atoms with E-state index < -0.39 is 222 Å². The number of phosphoric ester groups is 1. The topological polar surface area (TPSA) is 596 Å². The number of nitrogens with two attached hydrogens (primary N) is 3. The largest absolute Gasteiger partial charge is 0.479 e. The van der Waals surface area contributed by atoms with Crippen LogP contribution in [0.3, 0.4) is 0 Å². The number of carbonyl (C=O) groups excluding carboxylic acids is 5. The lowest BCUT2D eigenvalue weighted by Crippen LogP contribution is -2.72. The summed E-state index contributed by atoms with van der Waals surface area (Å²) in [6.07, 6.45) is -49.5. The number of primary amides is 3. The number of carboxylic acids is 1. The minimum atomic E-state index is -5.82. The maximum Gasteiger partial charge on any atom is 0.474 e. The number of benzene rings is 2. The number of nitrogens with one attached hydrogen (secondary N) is 3. The average molecular weight is 1340 g/mol. The smallest absolute Gasteiger partial charge is 0.474 e. The predicted octanol–water partition coefficient (Wildman–Crippen LogP) is -7.74. The maximum atomic E-state index is 13.9. The van der Waals surface area contributed by atoms with Gasteiger partial charge >= 0.3 is 19.9 Å². The lowest BCUT2D eigenvalue weighted by atomic mass is 9.85. The number of ether oxygens (including phenoxy) is 11. The lowest BCUT2D eigenvalue weighted by Gasteiger charge is -2.52. The van der Waals surface area contributed by atoms with Crippen LogP contribution < -0.4 is 33.2 Å². The standard InChI is InChI=1S/C53H77N6O32P/c1-19-38(85-50-37(70)34(67)35(68)40(87-50)44(54)71)31(64)28(58-20(2)61)47(82-19)86-39-26(17-80-49-36(69)33(66)30(63)25(16-60)83-49)84-48(29(32(39)65)59-21(3)62)88-41-42(90-52(56)75)53(4,76)43(45(55)72)89-51(41)91-92(77,78)81-18-27(46(73)74)79-15-14-57-24-12-10-23(11-13-24)22-8-6-5-7-9-22/h5-13,19,25-43,47-51,57,60,63-70,76H,14-18H2,1-4H3,(H2,54,71)(H2,55,72)(H2,56,75)(H,58,61)(H,59,62)(H,73,74)(H,77,78)/t19-,25-,26-,27-,28-,29-,30-,31-,32-,33+,34+,35-,36-,37-,38-,39-,40+,41-,42-,43-,47+,48+,49-,50-,51-,53+/m1/s1. The second-order valence-corrected chi connectivity index (χ2v) is 23.5. The van der Waals surface area contributed by atoms with Crippen molar-refractivity contribution in [2.45, 2.75) is 187 Å². The minimum absolute atomic E-state index is 0.00713. The van der Waals surface area contributed by atoms with Crippen LogP contribution in [0.1, 0.15) is 27.7 Å². The molecule has 0 bridgehead atoms. The Morgan fingerprint density at radius 2 is 1.21 bits per heavy atom. The van der Waals surface area contributed by atoms with Gasteiger partial charge < -0.3 is 146 Å². The summed E-state index contributed by atoms with van der Waals surface area (Å²) in [4.78, 5) is 87.2. The van der Waals surface area contributed by atoms with Crippen LogP contribution in [0.25, 0.3) is 11.1 Å². The third kappa shape index (κ3) is 17.7. The molecule has 0 radical (unpaired) electrons. The highest BCUT2D eigenvalue weighted by atomic mass is 31.2. The van der Waals surface area contributed by atoms with Gasteiger partial charge in [-0.15, -0.1) is 0 Å². The monoisotopic (exact) mass is 1340 g/mol. The Labute approximate surface area is 522 Å². The fourth-order valence-electron chi connectivity index (χ4n) is 10.7. The fourth-order valence-corrected chi connectivity index (χ4v) is 11.5. The first-order valence-electron chi connectivity index (χ1n) is 28.4. The molecule has 27 atom stereocenters. The molecule has 0 aromatic heterocycles. The molecule has 0 saturated carbocycles. The van der Waals surface area contributed by atoms with Crippen LogP contribution in [0.15, 0.2) is 54.6 Å². The third-order valence-electron chi connectivity index (χ3n) is 15.3. The number of phosphoric acid groups is 1. The SMILES string of the molecule is CC(=O)N[C@H]1[C@H](O[C@H]2[C@H](O)[C@@H](NC(C)=O)[C@H](O[C@H]3[C@@H](OP(=O)(O)OC[C@@H](OCCNc4ccc(-c5ccccc5)cc4)C(=O)O)O[C@H](C(N)=O)[C@@](C)(O)[C@@H]3OC(N)=O)O[C@@H]2CO[C@@H]2O[C@H](CO)[C@@H](O)[C@H](O)[C@H]2O)O[C@H](C)[C@@H](O[C@@H]2O[C@H](C(N)=O)[C@H](O)[C@H](O)[C@H]2O)[C@@H]1O. The molecular weight excluding hydrogens is 1260 g/mol. The van der Waals surface area contributed by atoms with Gasteiger partial charge in [-0.05, 0) is 37.1 Å². The zero-order valence-corrected chi connectivity index (χ0v) is 50.3. The molecule has 5 saturated heterocycles. The summed E-state index contributed by atoms with van der Waals surface area (Å²) in [5.74, 6) is -6.43. The molecule has 2 aromatic rings. The number of rotatable bonds is 27. The van der Waals surface area contributed by atoms with Crippen molar-refractivity contribution in [3.05, 3.63) is 54.6 Å². The molecule has 21 N–H and O–H groups in total. The van der Waals surface area contributed by atoms with Crippen molar-refractivity contribution in [3.63, 3.8) is 0 Å². The quantitative estimate of drug-likeness (QED) is 0.0292. The maximum absolute atomic E-state index is 13.9. The molecule has 5 heterocycles. The summed E-state index contributed by atoms with van der Waals surface area (Å²) in [6.45, 7) is 0.349. The summed E-state index contributed by atoms with van der Waals surface area (Å²) in [5.41, 5.74) is 15.9. The molecule has 0 aliphatic carbocycles. The van der Waals surface area contributed by atoms with E-state index in [1.54, 1.807) is 12.1 Å². The minimum Gasteiger partial charge on any atom is -0.479 e. The van der Waals surface area contributed by atoms with Gasteiger partial charge in [-0.3, -0.25) is 28.2 Å². The van der Waals surface area contributed by atoms with Gasteiger partial charge in [-0.2, -0.15) is 0 Å². The molecular formula is C53H77N6O32P. The van der Waals surface area contributed by atoms with Crippen molar-refractivity contribution in [1.82, 2.24) is 10.6 Å². The Morgan fingerprint density at radius 1 is 0.652 bits per heavy atom. The first-order chi connectivity index (χ1) is 43.2. The number of aliphatic hydroxyl groups excluding tert-OH is 9. The van der Waals surface area contributed by atoms with Gasteiger partial charge in [0.05, 0.1) is 32.5 Å². The summed E-state index contributed by atoms with van der Waals surface area (Å²) in [5, 5.41) is 128. The number of hydrogen-bond acceptors (Lipinski definition) is 31. The summed E-state index contributed by atoms with van der Waals surface area (Å²) < 4.78 is 87.7. The highest BCUT2D eigenvalue weighted by Gasteiger charge is 2.62. The highest BCUT2D eigenvalue weighted by molar-refractivity contribution is 7.47. The molecule has 5 fully saturated rings. The lowest BCUT2D eigenvalue weighted by molar-refractivity contribution is -0.375. The van der Waals surface area contributed by atoms with E-state index in [2.05, 4.69) is 16.0 Å². The van der Waals surface area contributed by atoms with Gasteiger partial charge in [0.15, 0.2) is 62.0 Å². The van der Waals surface area contributed by atoms with Gasteiger partial charge in [0.2, 0.25) is 23.6 Å². The number of anilines is 1. The van der Waals surface area contributed by atoms with Crippen LogP contribution in [0.5, 0.6) is 0 Å². The molecule has 7 rings (SSSR count). The number of amides is 5. The van der Waals surface area contributed by atoms with E-state index in [1.807, 2.05) is 42.5 Å². The van der Waals surface area contributed by atoms with E-state index in [4.69, 9.17) is 78.4 Å². The Morgan fingerprint density at radius 3 is 1.78 bits per heavy atom. The van der Waals surface area contributed by atoms with Gasteiger partial charge in [-0.1, -0.05) is 42.5 Å². The van der Waals surface area contributed by atoms with Gasteiger partial charge in [-0.25, -0.2) is 14.2 Å². The van der Waals surface area contributed by atoms with E-state index in [0.29, 0.717) is 5.69 Å². The van der Waals surface area contributed by atoms with E-state index >= 15 is 0 Å². The predicted molar refractivity (Wildman–Crippen MR) is 298 cm³/mol. The van der Waals surface area contributed by atoms with Crippen LogP contribution in [-0.2, 0) is 89.7 Å². The molecule has 5 amide bonds. The molecule has 516 valence electrons. The van der Waals surface area contributed by atoms with E-state index in [0.717, 1.165) is 31.9 Å². The molecule has 0 spiro atoms. The Bertz CT molecular complexity index is 2870. The first-order valence-corrected chi connectivity index (χ1v) is 29.9. The molecule has 2 aromatic carbocycles. The molecule has 92 heavy (non-hydrogen) atoms. The third-order valence-corrected chi connectivity index (χ3v) is 16.3. The number of carbonyl (C=O) groups is 6. The van der Waals surface area contributed by atoms with E-state index in [1.165, 1.54) is 6.92 Å². The van der Waals surface area contributed by atoms with Crippen LogP contribution in [0.4, 0.5) is 10.5 Å². The van der Waals surface area contributed by atoms with Crippen molar-refractivity contribution in [2.24, 2.45) is 17.2 Å². The zero-order chi connectivity index (χ0) is 67.8. The number of aliphatic hydroxyl groups is 10. The summed E-state index contributed by atoms with van der Waals surface area (Å²) in [6, 6.07) is 12.8. The normalized spacial score (nSPS) is 38.4. The Balaban J connectivity index is 1.17. The molecule has 39 heteroatoms. The average Bonchev–Trinajstić information content (AvgIpc) is 0.754. The Kier molecular flexibility index (Phi) is 25.3. The first kappa shape index (κ1) is 73.6. The van der Waals surface area contributed by atoms with Crippen molar-refractivity contribution in [3.8, 4) is 11.1 Å². The number of aliphatic carboxylic acids is 1. The highest BCUT2D eigenvalue weighted by Crippen LogP contribution is 2.49. The van der Waals surface area contributed by atoms with Crippen molar-refractivity contribution in [2.75, 3.05) is 38.3 Å². The second-order valence-electron chi connectivity index (χ2n) is 22.1. The van der Waals surface area contributed by atoms with E-state index in [9.17, 15) is 94.4 Å². The summed E-state index contributed by atoms with van der Waals surface area (Å²) in [7, 11) is -5.82. The second kappa shape index (κ2) is 31.6. The molecule has 5 aliphatic heterocycles. The van der Waals surface area contributed by atoms with Gasteiger partial charge in [0.1, 0.15) is 90.9 Å². The number of hydrogen-bond donors (Lipinski definition) is 18. The van der Waals surface area contributed by atoms with Crippen LogP contribution in [0.2, 0.25) is 0 Å². The van der Waals surface area contributed by atoms with Crippen molar-refractivity contribution < 1.29 is 156 Å². The van der Waals surface area contributed by atoms with Gasteiger partial charge in [0.25, 0.3) is 0 Å². The van der Waals surface area contributed by atoms with Crippen molar-refractivity contribution >= 4 is 49.2 Å².